The van der Waals surface area contributed by atoms with E-state index in [0.717, 1.165) is 0 Å². The molecule has 1 aromatic carbocycles. The lowest BCUT2D eigenvalue weighted by Crippen LogP contribution is -2.15. The van der Waals surface area contributed by atoms with Crippen LogP contribution in [0.25, 0.3) is 0 Å². The molecule has 0 amide bonds. The fourth-order valence-corrected chi connectivity index (χ4v) is 1.83. The molecule has 0 N–H and O–H groups in total. The summed E-state index contributed by atoms with van der Waals surface area (Å²) in [6.07, 6.45) is 1.60. The Morgan fingerprint density at radius 3 is 1.96 bits per heavy atom. The summed E-state index contributed by atoms with van der Waals surface area (Å²) in [5.74, 6) is 0. The molecule has 0 saturated carbocycles. The Morgan fingerprint density at radius 1 is 0.957 bits per heavy atom. The molecule has 2 rings (SSSR count). The summed E-state index contributed by atoms with van der Waals surface area (Å²) in [5, 5.41) is 33.1. The van der Waals surface area contributed by atoms with Crippen LogP contribution in [0.1, 0.15) is 0 Å². The monoisotopic (exact) mass is 319 g/mol. The summed E-state index contributed by atoms with van der Waals surface area (Å²) >= 11 is 0. The zero-order valence-corrected chi connectivity index (χ0v) is 11.6. The number of hydrogen-bond donors (Lipinski definition) is 0. The number of aromatic nitrogens is 1. The second-order valence-electron chi connectivity index (χ2n) is 4.39. The van der Waals surface area contributed by atoms with E-state index in [2.05, 4.69) is 4.99 Å². The minimum absolute atomic E-state index is 0.215. The van der Waals surface area contributed by atoms with Gasteiger partial charge >= 0.3 is 11.4 Å². The maximum Gasteiger partial charge on any atom is 0.308 e. The molecule has 1 aromatic heterocycles. The van der Waals surface area contributed by atoms with Crippen LogP contribution in [0.15, 0.2) is 41.5 Å². The molecular formula is C12H9N5O6. The third-order valence-corrected chi connectivity index (χ3v) is 2.91. The first-order valence-corrected chi connectivity index (χ1v) is 6.09. The number of hydrogen-bond acceptors (Lipinski definition) is 7. The van der Waals surface area contributed by atoms with Gasteiger partial charge in [0, 0.05) is 13.2 Å². The standard InChI is InChI=1S/C12H9N5O6/c1-14-5-3-2-4-11(14)13-12-9(16(20)21)6-8(15(18)19)7-10(12)17(22)23/h2-7H,1H3. The van der Waals surface area contributed by atoms with Crippen molar-refractivity contribution in [2.75, 3.05) is 0 Å². The first-order chi connectivity index (χ1) is 10.8. The van der Waals surface area contributed by atoms with Crippen molar-refractivity contribution in [3.63, 3.8) is 0 Å². The van der Waals surface area contributed by atoms with E-state index in [-0.39, 0.29) is 5.49 Å². The molecule has 0 spiro atoms. The summed E-state index contributed by atoms with van der Waals surface area (Å²) in [4.78, 5) is 34.2. The van der Waals surface area contributed by atoms with E-state index in [1.807, 2.05) is 0 Å². The van der Waals surface area contributed by atoms with E-state index in [1.165, 1.54) is 10.6 Å². The van der Waals surface area contributed by atoms with Gasteiger partial charge in [-0.05, 0) is 12.1 Å². The van der Waals surface area contributed by atoms with Crippen LogP contribution in [0.2, 0.25) is 0 Å². The highest BCUT2D eigenvalue weighted by Crippen LogP contribution is 2.40. The average Bonchev–Trinajstić information content (AvgIpc) is 2.48. The molecule has 0 saturated heterocycles. The number of non-ortho nitro benzene ring substituents is 1. The fourth-order valence-electron chi connectivity index (χ4n) is 1.83. The molecule has 1 heterocycles. The third-order valence-electron chi connectivity index (χ3n) is 2.91. The number of rotatable bonds is 4. The van der Waals surface area contributed by atoms with Gasteiger partial charge in [-0.3, -0.25) is 30.3 Å². The summed E-state index contributed by atoms with van der Waals surface area (Å²) in [6.45, 7) is 0. The van der Waals surface area contributed by atoms with Crippen LogP contribution < -0.4 is 5.49 Å². The molecule has 118 valence electrons. The van der Waals surface area contributed by atoms with Crippen molar-refractivity contribution in [1.29, 1.82) is 0 Å². The van der Waals surface area contributed by atoms with Gasteiger partial charge in [-0.25, -0.2) is 4.99 Å². The van der Waals surface area contributed by atoms with Crippen molar-refractivity contribution in [2.24, 2.45) is 12.0 Å². The minimum atomic E-state index is -0.943. The Balaban J connectivity index is 2.88. The predicted octanol–water partition coefficient (Wildman–Crippen LogP) is 1.98. The van der Waals surface area contributed by atoms with E-state index in [1.54, 1.807) is 25.4 Å². The van der Waals surface area contributed by atoms with Crippen LogP contribution in [-0.2, 0) is 7.05 Å². The molecule has 0 aliphatic rings. The molecular weight excluding hydrogens is 310 g/mol. The molecule has 11 heteroatoms. The summed E-state index contributed by atoms with van der Waals surface area (Å²) in [5.41, 5.74) is -2.70. The van der Waals surface area contributed by atoms with Gasteiger partial charge in [0.15, 0.2) is 0 Å². The molecule has 0 bridgehead atoms. The number of aryl methyl sites for hydroxylation is 1. The quantitative estimate of drug-likeness (QED) is 0.621. The highest BCUT2D eigenvalue weighted by Gasteiger charge is 2.30. The topological polar surface area (TPSA) is 147 Å². The number of pyridine rings is 1. The fraction of sp³-hybridized carbons (Fsp3) is 0.0833. The maximum absolute atomic E-state index is 11.1. The number of nitrogens with zero attached hydrogens (tertiary/aromatic N) is 5. The molecule has 2 aromatic rings. The highest BCUT2D eigenvalue weighted by atomic mass is 16.6. The third kappa shape index (κ3) is 3.18. The van der Waals surface area contributed by atoms with Gasteiger partial charge in [-0.1, -0.05) is 6.07 Å². The number of nitro benzene ring substituents is 3. The summed E-state index contributed by atoms with van der Waals surface area (Å²) in [7, 11) is 1.60. The van der Waals surface area contributed by atoms with Crippen molar-refractivity contribution in [1.82, 2.24) is 4.57 Å². The van der Waals surface area contributed by atoms with Crippen molar-refractivity contribution < 1.29 is 14.8 Å². The van der Waals surface area contributed by atoms with Crippen molar-refractivity contribution in [3.05, 3.63) is 72.4 Å². The van der Waals surface area contributed by atoms with Crippen LogP contribution in [0.5, 0.6) is 0 Å². The van der Waals surface area contributed by atoms with Gasteiger partial charge in [0.25, 0.3) is 5.69 Å². The van der Waals surface area contributed by atoms with Crippen molar-refractivity contribution >= 4 is 22.7 Å². The smallest absolute Gasteiger partial charge is 0.308 e. The van der Waals surface area contributed by atoms with E-state index >= 15 is 0 Å². The van der Waals surface area contributed by atoms with E-state index in [0.29, 0.717) is 12.1 Å². The number of nitro groups is 3. The first kappa shape index (κ1) is 15.8. The second-order valence-corrected chi connectivity index (χ2v) is 4.39. The van der Waals surface area contributed by atoms with Crippen LogP contribution in [0, 0.1) is 30.3 Å². The highest BCUT2D eigenvalue weighted by molar-refractivity contribution is 5.73. The molecule has 0 aliphatic carbocycles. The first-order valence-electron chi connectivity index (χ1n) is 6.09. The molecule has 0 radical (unpaired) electrons. The summed E-state index contributed by atoms with van der Waals surface area (Å²) < 4.78 is 1.49. The Bertz CT molecular complexity index is 853. The van der Waals surface area contributed by atoms with Gasteiger partial charge in [-0.15, -0.1) is 0 Å². The Hall–Kier alpha value is -3.63. The van der Waals surface area contributed by atoms with E-state index in [9.17, 15) is 30.3 Å². The molecule has 0 fully saturated rings. The number of benzene rings is 1. The van der Waals surface area contributed by atoms with E-state index in [4.69, 9.17) is 0 Å². The summed E-state index contributed by atoms with van der Waals surface area (Å²) in [6, 6.07) is 6.07. The Kier molecular flexibility index (Phi) is 4.12. The molecule has 0 atom stereocenters. The molecule has 11 nitrogen and oxygen atoms in total. The zero-order valence-electron chi connectivity index (χ0n) is 11.6. The predicted molar refractivity (Wildman–Crippen MR) is 77.0 cm³/mol. The van der Waals surface area contributed by atoms with Crippen LogP contribution in [0.4, 0.5) is 22.7 Å². The lowest BCUT2D eigenvalue weighted by molar-refractivity contribution is -0.402. The maximum atomic E-state index is 11.1. The second kappa shape index (κ2) is 6.01. The van der Waals surface area contributed by atoms with E-state index < -0.39 is 37.5 Å². The van der Waals surface area contributed by atoms with Gasteiger partial charge in [0.2, 0.25) is 5.69 Å². The van der Waals surface area contributed by atoms with Gasteiger partial charge in [0.05, 0.1) is 26.9 Å². The average molecular weight is 319 g/mol. The van der Waals surface area contributed by atoms with Crippen molar-refractivity contribution in [2.45, 2.75) is 0 Å². The SMILES string of the molecule is Cn1ccccc1=Nc1c([N+](=O)[O-])cc([N+](=O)[O-])cc1[N+](=O)[O-]. The largest absolute Gasteiger partial charge is 0.336 e. The normalized spacial score (nSPS) is 11.3. The Morgan fingerprint density at radius 2 is 1.52 bits per heavy atom. The molecule has 23 heavy (non-hydrogen) atoms. The van der Waals surface area contributed by atoms with Crippen LogP contribution in [0.3, 0.4) is 0 Å². The minimum Gasteiger partial charge on any atom is -0.336 e. The van der Waals surface area contributed by atoms with Crippen molar-refractivity contribution in [3.8, 4) is 0 Å². The molecule has 0 unspecified atom stereocenters. The van der Waals surface area contributed by atoms with Gasteiger partial charge in [0.1, 0.15) is 5.49 Å². The lowest BCUT2D eigenvalue weighted by Gasteiger charge is -2.02. The zero-order chi connectivity index (χ0) is 17.1. The lowest BCUT2D eigenvalue weighted by atomic mass is 10.2. The van der Waals surface area contributed by atoms with Crippen LogP contribution in [-0.4, -0.2) is 19.3 Å². The Labute approximate surface area is 127 Å². The van der Waals surface area contributed by atoms with Crippen LogP contribution >= 0.6 is 0 Å². The van der Waals surface area contributed by atoms with Gasteiger partial charge in [-0.2, -0.15) is 0 Å². The molecule has 0 aliphatic heterocycles. The van der Waals surface area contributed by atoms with Gasteiger partial charge < -0.3 is 4.57 Å².